The summed E-state index contributed by atoms with van der Waals surface area (Å²) in [4.78, 5) is 4.61. The highest BCUT2D eigenvalue weighted by atomic mass is 15.1. The number of pyridine rings is 1. The number of benzene rings is 1. The molecular formula is C16H17N3. The standard InChI is InChI=1S/C16H17N3/c1-16(2,13-7-8-13)19-15-12(10-17)9-11-5-3-4-6-14(11)18-15/h3-6,9,13H,7-8H2,1-2H3,(H,18,19). The predicted octanol–water partition coefficient (Wildman–Crippen LogP) is 3.71. The van der Waals surface area contributed by atoms with Gasteiger partial charge >= 0.3 is 0 Å². The number of para-hydroxylation sites is 1. The van der Waals surface area contributed by atoms with Gasteiger partial charge in [0.05, 0.1) is 11.1 Å². The van der Waals surface area contributed by atoms with Gasteiger partial charge in [0.2, 0.25) is 0 Å². The quantitative estimate of drug-likeness (QED) is 0.904. The molecule has 0 radical (unpaired) electrons. The number of hydrogen-bond donors (Lipinski definition) is 1. The summed E-state index contributed by atoms with van der Waals surface area (Å²) in [7, 11) is 0. The summed E-state index contributed by atoms with van der Waals surface area (Å²) in [6.07, 6.45) is 2.52. The molecule has 0 atom stereocenters. The van der Waals surface area contributed by atoms with Gasteiger partial charge < -0.3 is 5.32 Å². The SMILES string of the molecule is CC(C)(Nc1nc2ccccc2cc1C#N)C1CC1. The van der Waals surface area contributed by atoms with Crippen molar-refractivity contribution in [3.63, 3.8) is 0 Å². The number of anilines is 1. The summed E-state index contributed by atoms with van der Waals surface area (Å²) >= 11 is 0. The van der Waals surface area contributed by atoms with E-state index in [0.29, 0.717) is 17.3 Å². The van der Waals surface area contributed by atoms with Gasteiger partial charge in [0.15, 0.2) is 0 Å². The van der Waals surface area contributed by atoms with Gasteiger partial charge in [-0.15, -0.1) is 0 Å². The van der Waals surface area contributed by atoms with Crippen molar-refractivity contribution in [2.24, 2.45) is 5.92 Å². The van der Waals surface area contributed by atoms with Gasteiger partial charge in [-0.05, 0) is 44.7 Å². The molecule has 1 aliphatic carbocycles. The Labute approximate surface area is 113 Å². The topological polar surface area (TPSA) is 48.7 Å². The Balaban J connectivity index is 2.04. The minimum Gasteiger partial charge on any atom is -0.364 e. The second-order valence-electron chi connectivity index (χ2n) is 5.81. The molecule has 1 aliphatic rings. The Bertz CT molecular complexity index is 663. The number of aromatic nitrogens is 1. The van der Waals surface area contributed by atoms with Crippen LogP contribution in [-0.2, 0) is 0 Å². The molecule has 3 rings (SSSR count). The van der Waals surface area contributed by atoms with Gasteiger partial charge in [-0.3, -0.25) is 0 Å². The average Bonchev–Trinajstić information content (AvgIpc) is 3.22. The van der Waals surface area contributed by atoms with E-state index in [1.54, 1.807) is 0 Å². The van der Waals surface area contributed by atoms with Gasteiger partial charge in [-0.25, -0.2) is 4.98 Å². The van der Waals surface area contributed by atoms with E-state index in [9.17, 15) is 5.26 Å². The Kier molecular flexibility index (Phi) is 2.67. The highest BCUT2D eigenvalue weighted by molar-refractivity contribution is 5.82. The summed E-state index contributed by atoms with van der Waals surface area (Å²) < 4.78 is 0. The Morgan fingerprint density at radius 1 is 1.32 bits per heavy atom. The van der Waals surface area contributed by atoms with Crippen LogP contribution in [0.2, 0.25) is 0 Å². The molecule has 1 heterocycles. The van der Waals surface area contributed by atoms with E-state index < -0.39 is 0 Å². The molecule has 96 valence electrons. The number of nitrogens with one attached hydrogen (secondary N) is 1. The third-order valence-electron chi connectivity index (χ3n) is 3.88. The van der Waals surface area contributed by atoms with Crippen molar-refractivity contribution in [1.82, 2.24) is 4.98 Å². The van der Waals surface area contributed by atoms with Crippen molar-refractivity contribution in [2.75, 3.05) is 5.32 Å². The molecule has 0 saturated heterocycles. The zero-order valence-electron chi connectivity index (χ0n) is 11.3. The van der Waals surface area contributed by atoms with Crippen molar-refractivity contribution in [1.29, 1.82) is 5.26 Å². The maximum Gasteiger partial charge on any atom is 0.145 e. The largest absolute Gasteiger partial charge is 0.364 e. The van der Waals surface area contributed by atoms with Crippen molar-refractivity contribution in [3.8, 4) is 6.07 Å². The predicted molar refractivity (Wildman–Crippen MR) is 76.9 cm³/mol. The number of nitriles is 1. The van der Waals surface area contributed by atoms with Crippen LogP contribution < -0.4 is 5.32 Å². The number of fused-ring (bicyclic) bond motifs is 1. The van der Waals surface area contributed by atoms with Gasteiger partial charge in [0.25, 0.3) is 0 Å². The van der Waals surface area contributed by atoms with Crippen LogP contribution in [-0.4, -0.2) is 10.5 Å². The molecule has 0 bridgehead atoms. The molecule has 1 aromatic heterocycles. The highest BCUT2D eigenvalue weighted by Crippen LogP contribution is 2.41. The lowest BCUT2D eigenvalue weighted by Gasteiger charge is -2.27. The van der Waals surface area contributed by atoms with Gasteiger partial charge in [0, 0.05) is 10.9 Å². The first-order valence-electron chi connectivity index (χ1n) is 6.68. The van der Waals surface area contributed by atoms with Crippen LogP contribution in [0.3, 0.4) is 0 Å². The first-order valence-corrected chi connectivity index (χ1v) is 6.68. The zero-order valence-corrected chi connectivity index (χ0v) is 11.3. The van der Waals surface area contributed by atoms with Crippen LogP contribution in [0.4, 0.5) is 5.82 Å². The fourth-order valence-electron chi connectivity index (χ4n) is 2.51. The normalized spacial score (nSPS) is 15.2. The summed E-state index contributed by atoms with van der Waals surface area (Å²) in [6.45, 7) is 4.37. The summed E-state index contributed by atoms with van der Waals surface area (Å²) in [5.41, 5.74) is 1.55. The zero-order chi connectivity index (χ0) is 13.5. The smallest absolute Gasteiger partial charge is 0.145 e. The highest BCUT2D eigenvalue weighted by Gasteiger charge is 2.38. The maximum atomic E-state index is 9.30. The molecule has 1 fully saturated rings. The molecule has 0 aliphatic heterocycles. The Hall–Kier alpha value is -2.08. The van der Waals surface area contributed by atoms with Gasteiger partial charge in [-0.2, -0.15) is 5.26 Å². The third-order valence-corrected chi connectivity index (χ3v) is 3.88. The van der Waals surface area contributed by atoms with Crippen molar-refractivity contribution in [2.45, 2.75) is 32.2 Å². The van der Waals surface area contributed by atoms with E-state index >= 15 is 0 Å². The Morgan fingerprint density at radius 2 is 2.05 bits per heavy atom. The van der Waals surface area contributed by atoms with Crippen LogP contribution in [0.1, 0.15) is 32.3 Å². The lowest BCUT2D eigenvalue weighted by atomic mass is 9.98. The van der Waals surface area contributed by atoms with E-state index in [0.717, 1.165) is 10.9 Å². The number of nitrogens with zero attached hydrogens (tertiary/aromatic N) is 2. The van der Waals surface area contributed by atoms with Crippen molar-refractivity contribution >= 4 is 16.7 Å². The van der Waals surface area contributed by atoms with E-state index in [1.807, 2.05) is 30.3 Å². The maximum absolute atomic E-state index is 9.30. The van der Waals surface area contributed by atoms with E-state index in [4.69, 9.17) is 0 Å². The van der Waals surface area contributed by atoms with Crippen molar-refractivity contribution in [3.05, 3.63) is 35.9 Å². The van der Waals surface area contributed by atoms with Crippen molar-refractivity contribution < 1.29 is 0 Å². The molecule has 19 heavy (non-hydrogen) atoms. The average molecular weight is 251 g/mol. The molecule has 1 aromatic carbocycles. The van der Waals surface area contributed by atoms with E-state index in [1.165, 1.54) is 12.8 Å². The van der Waals surface area contributed by atoms with Crippen LogP contribution >= 0.6 is 0 Å². The molecule has 1 N–H and O–H groups in total. The van der Waals surface area contributed by atoms with Crippen LogP contribution in [0.5, 0.6) is 0 Å². The molecule has 3 nitrogen and oxygen atoms in total. The monoisotopic (exact) mass is 251 g/mol. The lowest BCUT2D eigenvalue weighted by Crippen LogP contribution is -2.34. The fourth-order valence-corrected chi connectivity index (χ4v) is 2.51. The van der Waals surface area contributed by atoms with Crippen LogP contribution in [0, 0.1) is 17.2 Å². The molecule has 2 aromatic rings. The fraction of sp³-hybridized carbons (Fsp3) is 0.375. The molecular weight excluding hydrogens is 234 g/mol. The lowest BCUT2D eigenvalue weighted by molar-refractivity contribution is 0.492. The second-order valence-corrected chi connectivity index (χ2v) is 5.81. The second kappa shape index (κ2) is 4.24. The van der Waals surface area contributed by atoms with Crippen LogP contribution in [0.25, 0.3) is 10.9 Å². The third kappa shape index (κ3) is 2.26. The minimum atomic E-state index is 0.00105. The van der Waals surface area contributed by atoms with Gasteiger partial charge in [-0.1, -0.05) is 18.2 Å². The summed E-state index contributed by atoms with van der Waals surface area (Å²) in [5.74, 6) is 1.39. The molecule has 0 unspecified atom stereocenters. The first-order chi connectivity index (χ1) is 9.10. The Morgan fingerprint density at radius 3 is 2.74 bits per heavy atom. The molecule has 0 amide bonds. The molecule has 3 heteroatoms. The van der Waals surface area contributed by atoms with E-state index in [-0.39, 0.29) is 5.54 Å². The van der Waals surface area contributed by atoms with Crippen LogP contribution in [0.15, 0.2) is 30.3 Å². The van der Waals surface area contributed by atoms with Gasteiger partial charge in [0.1, 0.15) is 11.9 Å². The minimum absolute atomic E-state index is 0.00105. The number of hydrogen-bond acceptors (Lipinski definition) is 3. The van der Waals surface area contributed by atoms with E-state index in [2.05, 4.69) is 30.2 Å². The summed E-state index contributed by atoms with van der Waals surface area (Å²) in [6, 6.07) is 12.1. The summed E-state index contributed by atoms with van der Waals surface area (Å²) in [5, 5.41) is 13.8. The molecule has 1 saturated carbocycles. The number of rotatable bonds is 3. The molecule has 0 spiro atoms. The first kappa shape index (κ1) is 12.0.